The minimum atomic E-state index is 0.352. The lowest BCUT2D eigenvalue weighted by molar-refractivity contribution is 0.137. The molecule has 5 heteroatoms. The molecule has 1 aromatic carbocycles. The second-order valence-corrected chi connectivity index (χ2v) is 5.89. The topological polar surface area (TPSA) is 50.3 Å². The van der Waals surface area contributed by atoms with Crippen LogP contribution in [-0.2, 0) is 6.54 Å². The van der Waals surface area contributed by atoms with Crippen molar-refractivity contribution >= 4 is 5.95 Å². The van der Waals surface area contributed by atoms with Gasteiger partial charge in [-0.15, -0.1) is 0 Å². The van der Waals surface area contributed by atoms with E-state index in [9.17, 15) is 0 Å². The van der Waals surface area contributed by atoms with Crippen LogP contribution in [0.2, 0.25) is 0 Å². The third-order valence-corrected chi connectivity index (χ3v) is 4.38. The Balaban J connectivity index is 1.80. The number of hydrogen-bond acceptors (Lipinski definition) is 5. The molecule has 23 heavy (non-hydrogen) atoms. The predicted molar refractivity (Wildman–Crippen MR) is 91.6 cm³/mol. The number of hydrogen-bond donors (Lipinski definition) is 1. The van der Waals surface area contributed by atoms with Crippen molar-refractivity contribution in [3.05, 3.63) is 47.8 Å². The number of anilines is 1. The Morgan fingerprint density at radius 3 is 3.04 bits per heavy atom. The number of nitrogens with zero attached hydrogens (tertiary/aromatic N) is 3. The molecule has 1 fully saturated rings. The highest BCUT2D eigenvalue weighted by molar-refractivity contribution is 5.29. The minimum absolute atomic E-state index is 0.352. The number of rotatable bonds is 5. The molecule has 3 rings (SSSR count). The Morgan fingerprint density at radius 2 is 2.22 bits per heavy atom. The summed E-state index contributed by atoms with van der Waals surface area (Å²) in [5.74, 6) is 1.60. The van der Waals surface area contributed by atoms with Crippen LogP contribution >= 0.6 is 0 Å². The van der Waals surface area contributed by atoms with Crippen LogP contribution < -0.4 is 10.1 Å². The summed E-state index contributed by atoms with van der Waals surface area (Å²) < 4.78 is 5.34. The highest BCUT2D eigenvalue weighted by atomic mass is 16.5. The Morgan fingerprint density at radius 1 is 1.30 bits per heavy atom. The zero-order valence-electron chi connectivity index (χ0n) is 13.8. The van der Waals surface area contributed by atoms with Gasteiger partial charge in [-0.2, -0.15) is 0 Å². The third kappa shape index (κ3) is 3.79. The first-order valence-corrected chi connectivity index (χ1v) is 8.18. The van der Waals surface area contributed by atoms with Crippen LogP contribution in [-0.4, -0.2) is 35.6 Å². The highest BCUT2D eigenvalue weighted by Crippen LogP contribution is 2.31. The number of aromatic nitrogens is 2. The number of likely N-dealkylation sites (tertiary alicyclic amines) is 1. The lowest BCUT2D eigenvalue weighted by Crippen LogP contribution is -2.33. The molecule has 0 spiro atoms. The van der Waals surface area contributed by atoms with Gasteiger partial charge in [-0.1, -0.05) is 18.6 Å². The van der Waals surface area contributed by atoms with E-state index in [2.05, 4.69) is 38.4 Å². The molecule has 1 aliphatic heterocycles. The van der Waals surface area contributed by atoms with Crippen molar-refractivity contribution < 1.29 is 4.74 Å². The number of benzene rings is 1. The van der Waals surface area contributed by atoms with Crippen LogP contribution in [0, 0.1) is 0 Å². The molecule has 1 aliphatic rings. The zero-order chi connectivity index (χ0) is 16.1. The molecule has 122 valence electrons. The van der Waals surface area contributed by atoms with Crippen molar-refractivity contribution in [1.29, 1.82) is 0 Å². The fourth-order valence-corrected chi connectivity index (χ4v) is 3.20. The van der Waals surface area contributed by atoms with Gasteiger partial charge in [-0.05, 0) is 43.1 Å². The van der Waals surface area contributed by atoms with Crippen molar-refractivity contribution in [1.82, 2.24) is 14.9 Å². The van der Waals surface area contributed by atoms with Gasteiger partial charge in [-0.25, -0.2) is 9.97 Å². The first kappa shape index (κ1) is 15.7. The van der Waals surface area contributed by atoms with E-state index < -0.39 is 0 Å². The van der Waals surface area contributed by atoms with Gasteiger partial charge in [0.15, 0.2) is 0 Å². The molecule has 1 N–H and O–H groups in total. The Labute approximate surface area is 137 Å². The van der Waals surface area contributed by atoms with E-state index in [1.54, 1.807) is 7.11 Å². The summed E-state index contributed by atoms with van der Waals surface area (Å²) in [5, 5.41) is 3.03. The maximum Gasteiger partial charge on any atom is 0.222 e. The molecule has 2 heterocycles. The van der Waals surface area contributed by atoms with Gasteiger partial charge in [0.2, 0.25) is 5.95 Å². The second-order valence-electron chi connectivity index (χ2n) is 5.89. The van der Waals surface area contributed by atoms with Gasteiger partial charge in [0, 0.05) is 19.8 Å². The predicted octanol–water partition coefficient (Wildman–Crippen LogP) is 3.25. The van der Waals surface area contributed by atoms with Crippen molar-refractivity contribution in [2.24, 2.45) is 0 Å². The van der Waals surface area contributed by atoms with Crippen LogP contribution in [0.15, 0.2) is 36.5 Å². The normalized spacial score (nSPS) is 18.6. The zero-order valence-corrected chi connectivity index (χ0v) is 13.8. The fraction of sp³-hybridized carbons (Fsp3) is 0.444. The molecular formula is C18H24N4O. The van der Waals surface area contributed by atoms with E-state index in [0.717, 1.165) is 31.0 Å². The molecule has 0 radical (unpaired) electrons. The van der Waals surface area contributed by atoms with Crippen molar-refractivity contribution in [2.45, 2.75) is 31.8 Å². The van der Waals surface area contributed by atoms with E-state index in [4.69, 9.17) is 4.74 Å². The summed E-state index contributed by atoms with van der Waals surface area (Å²) in [4.78, 5) is 11.4. The third-order valence-electron chi connectivity index (χ3n) is 4.38. The van der Waals surface area contributed by atoms with Crippen molar-refractivity contribution in [3.8, 4) is 5.75 Å². The van der Waals surface area contributed by atoms with Gasteiger partial charge < -0.3 is 10.1 Å². The number of ether oxygens (including phenoxy) is 1. The summed E-state index contributed by atoms with van der Waals surface area (Å²) in [6.07, 6.45) is 5.47. The van der Waals surface area contributed by atoms with Crippen LogP contribution in [0.4, 0.5) is 5.95 Å². The second kappa shape index (κ2) is 7.42. The summed E-state index contributed by atoms with van der Waals surface area (Å²) in [6, 6.07) is 10.7. The molecule has 1 saturated heterocycles. The molecule has 0 saturated carbocycles. The van der Waals surface area contributed by atoms with Gasteiger partial charge in [0.1, 0.15) is 5.75 Å². The Bertz CT molecular complexity index is 646. The Kier molecular flexibility index (Phi) is 5.08. The quantitative estimate of drug-likeness (QED) is 0.918. The maximum absolute atomic E-state index is 5.34. The maximum atomic E-state index is 5.34. The monoisotopic (exact) mass is 312 g/mol. The van der Waals surface area contributed by atoms with E-state index in [-0.39, 0.29) is 0 Å². The minimum Gasteiger partial charge on any atom is -0.497 e. The summed E-state index contributed by atoms with van der Waals surface area (Å²) in [5.41, 5.74) is 2.38. The molecule has 2 aromatic rings. The van der Waals surface area contributed by atoms with Crippen LogP contribution in [0.5, 0.6) is 5.75 Å². The molecule has 0 bridgehead atoms. The summed E-state index contributed by atoms with van der Waals surface area (Å²) in [6.45, 7) is 2.02. The SMILES string of the molecule is CNc1nccc([C@@H]2CCCCN2Cc2cccc(OC)c2)n1. The first-order valence-electron chi connectivity index (χ1n) is 8.18. The molecule has 1 atom stereocenters. The summed E-state index contributed by atoms with van der Waals surface area (Å²) >= 11 is 0. The standard InChI is InChI=1S/C18H24N4O/c1-19-18-20-10-9-16(21-18)17-8-3-4-11-22(17)13-14-6-5-7-15(12-14)23-2/h5-7,9-10,12,17H,3-4,8,11,13H2,1-2H3,(H,19,20,21)/t17-/m0/s1. The molecular weight excluding hydrogens is 288 g/mol. The Hall–Kier alpha value is -2.14. The van der Waals surface area contributed by atoms with Crippen LogP contribution in [0.25, 0.3) is 0 Å². The summed E-state index contributed by atoms with van der Waals surface area (Å²) in [7, 11) is 3.57. The smallest absolute Gasteiger partial charge is 0.222 e. The van der Waals surface area contributed by atoms with Gasteiger partial charge >= 0.3 is 0 Å². The molecule has 0 unspecified atom stereocenters. The molecule has 0 aliphatic carbocycles. The largest absolute Gasteiger partial charge is 0.497 e. The number of nitrogens with one attached hydrogen (secondary N) is 1. The van der Waals surface area contributed by atoms with Gasteiger partial charge in [-0.3, -0.25) is 4.90 Å². The number of piperidine rings is 1. The highest BCUT2D eigenvalue weighted by Gasteiger charge is 2.25. The van der Waals surface area contributed by atoms with Crippen molar-refractivity contribution in [2.75, 3.05) is 26.0 Å². The van der Waals surface area contributed by atoms with Gasteiger partial charge in [0.05, 0.1) is 18.8 Å². The molecule has 5 nitrogen and oxygen atoms in total. The fourth-order valence-electron chi connectivity index (χ4n) is 3.20. The average Bonchev–Trinajstić information content (AvgIpc) is 2.62. The van der Waals surface area contributed by atoms with Crippen LogP contribution in [0.1, 0.15) is 36.6 Å². The van der Waals surface area contributed by atoms with Crippen LogP contribution in [0.3, 0.4) is 0 Å². The van der Waals surface area contributed by atoms with E-state index >= 15 is 0 Å². The van der Waals surface area contributed by atoms with E-state index in [1.165, 1.54) is 18.4 Å². The van der Waals surface area contributed by atoms with E-state index in [0.29, 0.717) is 12.0 Å². The molecule has 1 aromatic heterocycles. The first-order chi connectivity index (χ1) is 11.3. The van der Waals surface area contributed by atoms with Gasteiger partial charge in [0.25, 0.3) is 0 Å². The lowest BCUT2D eigenvalue weighted by Gasteiger charge is -2.35. The molecule has 0 amide bonds. The lowest BCUT2D eigenvalue weighted by atomic mass is 9.98. The van der Waals surface area contributed by atoms with E-state index in [1.807, 2.05) is 25.4 Å². The van der Waals surface area contributed by atoms with Crippen molar-refractivity contribution in [3.63, 3.8) is 0 Å². The number of methoxy groups -OCH3 is 1. The average molecular weight is 312 g/mol.